The minimum atomic E-state index is -0.220. The number of likely N-dealkylation sites (tertiary alicyclic amines) is 1. The normalized spacial score (nSPS) is 19.0. The predicted octanol–water partition coefficient (Wildman–Crippen LogP) is 2.44. The van der Waals surface area contributed by atoms with Crippen LogP contribution in [0.15, 0.2) is 24.3 Å². The SMILES string of the molecule is CCc1ccccc1C(=O)N1CCC[C@H]1C(C)=O. The Hall–Kier alpha value is -1.64. The van der Waals surface area contributed by atoms with Crippen molar-refractivity contribution in [3.05, 3.63) is 35.4 Å². The average molecular weight is 245 g/mol. The van der Waals surface area contributed by atoms with E-state index in [1.165, 1.54) is 0 Å². The Labute approximate surface area is 108 Å². The molecule has 1 aromatic rings. The van der Waals surface area contributed by atoms with Crippen molar-refractivity contribution in [2.24, 2.45) is 0 Å². The lowest BCUT2D eigenvalue weighted by molar-refractivity contribution is -0.120. The lowest BCUT2D eigenvalue weighted by atomic mass is 10.0. The van der Waals surface area contributed by atoms with Crippen molar-refractivity contribution in [3.8, 4) is 0 Å². The monoisotopic (exact) mass is 245 g/mol. The van der Waals surface area contributed by atoms with Crippen molar-refractivity contribution in [1.82, 2.24) is 4.90 Å². The molecule has 0 aromatic heterocycles. The summed E-state index contributed by atoms with van der Waals surface area (Å²) in [5, 5.41) is 0. The molecular formula is C15H19NO2. The van der Waals surface area contributed by atoms with E-state index < -0.39 is 0 Å². The summed E-state index contributed by atoms with van der Waals surface area (Å²) in [5.74, 6) is 0.0972. The highest BCUT2D eigenvalue weighted by Crippen LogP contribution is 2.22. The summed E-state index contributed by atoms with van der Waals surface area (Å²) < 4.78 is 0. The zero-order chi connectivity index (χ0) is 13.1. The predicted molar refractivity (Wildman–Crippen MR) is 70.6 cm³/mol. The number of rotatable bonds is 3. The molecule has 0 radical (unpaired) electrons. The minimum Gasteiger partial charge on any atom is -0.329 e. The number of carbonyl (C=O) groups excluding carboxylic acids is 2. The van der Waals surface area contributed by atoms with Gasteiger partial charge in [-0.3, -0.25) is 9.59 Å². The lowest BCUT2D eigenvalue weighted by Gasteiger charge is -2.23. The summed E-state index contributed by atoms with van der Waals surface area (Å²) in [6, 6.07) is 7.44. The van der Waals surface area contributed by atoms with Gasteiger partial charge in [-0.2, -0.15) is 0 Å². The van der Waals surface area contributed by atoms with Crippen LogP contribution in [0.4, 0.5) is 0 Å². The largest absolute Gasteiger partial charge is 0.329 e. The van der Waals surface area contributed by atoms with Crippen LogP contribution in [0, 0.1) is 0 Å². The fraction of sp³-hybridized carbons (Fsp3) is 0.467. The van der Waals surface area contributed by atoms with Crippen LogP contribution in [-0.2, 0) is 11.2 Å². The molecule has 1 amide bonds. The van der Waals surface area contributed by atoms with Gasteiger partial charge in [0.2, 0.25) is 0 Å². The number of Topliss-reactive ketones (excluding diaryl/α,β-unsaturated/α-hetero) is 1. The van der Waals surface area contributed by atoms with Crippen molar-refractivity contribution < 1.29 is 9.59 Å². The molecule has 1 saturated heterocycles. The molecule has 18 heavy (non-hydrogen) atoms. The number of carbonyl (C=O) groups is 2. The van der Waals surface area contributed by atoms with Crippen LogP contribution < -0.4 is 0 Å². The molecule has 1 aliphatic rings. The smallest absolute Gasteiger partial charge is 0.254 e. The van der Waals surface area contributed by atoms with Gasteiger partial charge in [0, 0.05) is 12.1 Å². The van der Waals surface area contributed by atoms with Crippen LogP contribution in [0.25, 0.3) is 0 Å². The van der Waals surface area contributed by atoms with E-state index in [-0.39, 0.29) is 17.7 Å². The molecule has 1 heterocycles. The molecule has 1 aliphatic heterocycles. The standard InChI is InChI=1S/C15H19NO2/c1-3-12-7-4-5-8-13(12)15(18)16-10-6-9-14(16)11(2)17/h4-5,7-8,14H,3,6,9-10H2,1-2H3/t14-/m0/s1. The van der Waals surface area contributed by atoms with E-state index in [1.807, 2.05) is 31.2 Å². The summed E-state index contributed by atoms with van der Waals surface area (Å²) in [7, 11) is 0. The number of nitrogens with zero attached hydrogens (tertiary/aromatic N) is 1. The third-order valence-electron chi connectivity index (χ3n) is 3.61. The third-order valence-corrected chi connectivity index (χ3v) is 3.61. The summed E-state index contributed by atoms with van der Waals surface area (Å²) >= 11 is 0. The summed E-state index contributed by atoms with van der Waals surface area (Å²) in [5.41, 5.74) is 1.80. The molecule has 0 N–H and O–H groups in total. The van der Waals surface area contributed by atoms with E-state index in [0.717, 1.165) is 30.4 Å². The summed E-state index contributed by atoms with van der Waals surface area (Å²) in [4.78, 5) is 25.8. The fourth-order valence-corrected chi connectivity index (χ4v) is 2.62. The number of amides is 1. The maximum Gasteiger partial charge on any atom is 0.254 e. The first-order valence-electron chi connectivity index (χ1n) is 6.54. The Bertz CT molecular complexity index is 467. The minimum absolute atomic E-state index is 0.00477. The Kier molecular flexibility index (Phi) is 3.80. The van der Waals surface area contributed by atoms with Crippen LogP contribution in [0.1, 0.15) is 42.6 Å². The summed E-state index contributed by atoms with van der Waals surface area (Å²) in [6.45, 7) is 4.31. The zero-order valence-corrected chi connectivity index (χ0v) is 11.0. The maximum absolute atomic E-state index is 12.5. The van der Waals surface area contributed by atoms with Gasteiger partial charge in [0.05, 0.1) is 6.04 Å². The van der Waals surface area contributed by atoms with Gasteiger partial charge in [-0.15, -0.1) is 0 Å². The quantitative estimate of drug-likeness (QED) is 0.820. The van der Waals surface area contributed by atoms with Crippen LogP contribution in [0.2, 0.25) is 0 Å². The van der Waals surface area contributed by atoms with Crippen LogP contribution in [0.5, 0.6) is 0 Å². The van der Waals surface area contributed by atoms with Gasteiger partial charge in [-0.05, 0) is 37.8 Å². The molecule has 2 rings (SSSR count). The number of benzene rings is 1. The first-order valence-corrected chi connectivity index (χ1v) is 6.54. The first kappa shape index (κ1) is 12.8. The fourth-order valence-electron chi connectivity index (χ4n) is 2.62. The van der Waals surface area contributed by atoms with Gasteiger partial charge < -0.3 is 4.90 Å². The molecule has 3 nitrogen and oxygen atoms in total. The highest BCUT2D eigenvalue weighted by molar-refractivity contribution is 5.99. The topological polar surface area (TPSA) is 37.4 Å². The van der Waals surface area contributed by atoms with Crippen molar-refractivity contribution in [2.75, 3.05) is 6.54 Å². The highest BCUT2D eigenvalue weighted by atomic mass is 16.2. The lowest BCUT2D eigenvalue weighted by Crippen LogP contribution is -2.39. The average Bonchev–Trinajstić information content (AvgIpc) is 2.87. The van der Waals surface area contributed by atoms with Gasteiger partial charge in [0.25, 0.3) is 5.91 Å². The molecule has 1 atom stereocenters. The molecule has 96 valence electrons. The molecule has 0 spiro atoms. The van der Waals surface area contributed by atoms with E-state index in [2.05, 4.69) is 0 Å². The Morgan fingerprint density at radius 1 is 1.33 bits per heavy atom. The number of hydrogen-bond acceptors (Lipinski definition) is 2. The first-order chi connectivity index (χ1) is 8.65. The second-order valence-corrected chi connectivity index (χ2v) is 4.78. The van der Waals surface area contributed by atoms with Gasteiger partial charge >= 0.3 is 0 Å². The van der Waals surface area contributed by atoms with E-state index >= 15 is 0 Å². The van der Waals surface area contributed by atoms with Crippen molar-refractivity contribution in [1.29, 1.82) is 0 Å². The van der Waals surface area contributed by atoms with Crippen molar-refractivity contribution >= 4 is 11.7 Å². The molecule has 0 saturated carbocycles. The van der Waals surface area contributed by atoms with Crippen molar-refractivity contribution in [2.45, 2.75) is 39.2 Å². The molecule has 0 unspecified atom stereocenters. The molecular weight excluding hydrogens is 226 g/mol. The van der Waals surface area contributed by atoms with Gasteiger partial charge in [0.15, 0.2) is 5.78 Å². The number of ketones is 1. The number of aryl methyl sites for hydroxylation is 1. The van der Waals surface area contributed by atoms with Gasteiger partial charge in [-0.1, -0.05) is 25.1 Å². The Balaban J connectivity index is 2.28. The van der Waals surface area contributed by atoms with E-state index in [1.54, 1.807) is 11.8 Å². The van der Waals surface area contributed by atoms with Gasteiger partial charge in [0.1, 0.15) is 0 Å². The van der Waals surface area contributed by atoms with Gasteiger partial charge in [-0.25, -0.2) is 0 Å². The van der Waals surface area contributed by atoms with Crippen LogP contribution in [-0.4, -0.2) is 29.2 Å². The van der Waals surface area contributed by atoms with Crippen LogP contribution >= 0.6 is 0 Å². The van der Waals surface area contributed by atoms with E-state index in [0.29, 0.717) is 6.54 Å². The van der Waals surface area contributed by atoms with E-state index in [4.69, 9.17) is 0 Å². The second-order valence-electron chi connectivity index (χ2n) is 4.78. The summed E-state index contributed by atoms with van der Waals surface area (Å²) in [6.07, 6.45) is 2.56. The molecule has 0 aliphatic carbocycles. The van der Waals surface area contributed by atoms with Crippen molar-refractivity contribution in [3.63, 3.8) is 0 Å². The van der Waals surface area contributed by atoms with E-state index in [9.17, 15) is 9.59 Å². The molecule has 1 aromatic carbocycles. The Morgan fingerprint density at radius 3 is 2.72 bits per heavy atom. The number of hydrogen-bond donors (Lipinski definition) is 0. The molecule has 3 heteroatoms. The molecule has 0 bridgehead atoms. The Morgan fingerprint density at radius 2 is 2.06 bits per heavy atom. The zero-order valence-electron chi connectivity index (χ0n) is 11.0. The molecule has 1 fully saturated rings. The maximum atomic E-state index is 12.5. The third kappa shape index (κ3) is 2.30. The highest BCUT2D eigenvalue weighted by Gasteiger charge is 2.32. The van der Waals surface area contributed by atoms with Crippen LogP contribution in [0.3, 0.4) is 0 Å². The second kappa shape index (κ2) is 5.34.